The number of esters is 2. The van der Waals surface area contributed by atoms with Crippen molar-refractivity contribution in [3.8, 4) is 0 Å². The topological polar surface area (TPSA) is 152 Å². The molecule has 0 amide bonds. The summed E-state index contributed by atoms with van der Waals surface area (Å²) in [6, 6.07) is 0. The van der Waals surface area contributed by atoms with Gasteiger partial charge < -0.3 is 33.6 Å². The molecule has 0 heterocycles. The average Bonchev–Trinajstić information content (AvgIpc) is 3.05. The van der Waals surface area contributed by atoms with E-state index in [4.69, 9.17) is 19.1 Å². The zero-order valence-corrected chi connectivity index (χ0v) is 30.9. The van der Waals surface area contributed by atoms with Crippen molar-refractivity contribution in [3.63, 3.8) is 0 Å². The lowest BCUT2D eigenvalue weighted by Crippen LogP contribution is -2.30. The van der Waals surface area contributed by atoms with Crippen LogP contribution >= 0.6 is 7.82 Å². The van der Waals surface area contributed by atoms with Crippen molar-refractivity contribution in [3.05, 3.63) is 0 Å². The molecule has 3 atom stereocenters. The van der Waals surface area contributed by atoms with Crippen LogP contribution in [-0.4, -0.2) is 60.8 Å². The van der Waals surface area contributed by atoms with Crippen molar-refractivity contribution in [1.82, 2.24) is 0 Å². The molecular formula is C36H70O10P-. The molecule has 0 saturated heterocycles. The molecule has 47 heavy (non-hydrogen) atoms. The number of ether oxygens (including phenoxy) is 2. The molecule has 0 aliphatic heterocycles. The summed E-state index contributed by atoms with van der Waals surface area (Å²) in [5.41, 5.74) is 0. The molecule has 10 nitrogen and oxygen atoms in total. The Morgan fingerprint density at radius 3 is 1.34 bits per heavy atom. The highest BCUT2D eigenvalue weighted by atomic mass is 31.2. The van der Waals surface area contributed by atoms with Crippen molar-refractivity contribution >= 4 is 19.8 Å². The van der Waals surface area contributed by atoms with E-state index in [1.165, 1.54) is 103 Å². The first-order valence-electron chi connectivity index (χ1n) is 19.0. The van der Waals surface area contributed by atoms with Crippen LogP contribution in [0.1, 0.15) is 181 Å². The molecule has 0 aromatic rings. The standard InChI is InChI=1S/C36H71O10P/c1-3-5-7-9-11-13-15-17-19-21-23-25-27-35(39)43-31-34(32-45-47(41,42)44-30-33(38)29-37)46-36(40)28-26-24-22-20-18-16-14-12-10-8-6-4-2/h33-34,37-38H,3-32H2,1-2H3,(H,41,42)/p-1. The highest BCUT2D eigenvalue weighted by molar-refractivity contribution is 7.45. The molecule has 0 radical (unpaired) electrons. The number of rotatable bonds is 36. The lowest BCUT2D eigenvalue weighted by molar-refractivity contribution is -0.230. The number of hydrogen-bond donors (Lipinski definition) is 2. The fraction of sp³-hybridized carbons (Fsp3) is 0.944. The van der Waals surface area contributed by atoms with E-state index in [-0.39, 0.29) is 19.4 Å². The van der Waals surface area contributed by atoms with Crippen LogP contribution in [0.3, 0.4) is 0 Å². The first-order valence-corrected chi connectivity index (χ1v) is 20.4. The van der Waals surface area contributed by atoms with Gasteiger partial charge in [-0.1, -0.05) is 155 Å². The fourth-order valence-corrected chi connectivity index (χ4v) is 6.06. The number of aliphatic hydroxyl groups excluding tert-OH is 2. The Kier molecular flexibility index (Phi) is 32.7. The van der Waals surface area contributed by atoms with Gasteiger partial charge in [0.2, 0.25) is 0 Å². The summed E-state index contributed by atoms with van der Waals surface area (Å²) in [6.07, 6.45) is 26.2. The zero-order valence-electron chi connectivity index (χ0n) is 30.0. The molecule has 11 heteroatoms. The maximum Gasteiger partial charge on any atom is 0.306 e. The van der Waals surface area contributed by atoms with E-state index in [1.807, 2.05) is 0 Å². The highest BCUT2D eigenvalue weighted by Crippen LogP contribution is 2.38. The van der Waals surface area contributed by atoms with Gasteiger partial charge in [0.1, 0.15) is 12.7 Å². The molecule has 0 aliphatic rings. The van der Waals surface area contributed by atoms with Crippen LogP contribution in [0, 0.1) is 0 Å². The molecule has 0 rings (SSSR count). The first kappa shape index (κ1) is 46.0. The number of carbonyl (C=O) groups excluding carboxylic acids is 2. The lowest BCUT2D eigenvalue weighted by Gasteiger charge is -2.26. The van der Waals surface area contributed by atoms with E-state index < -0.39 is 51.8 Å². The lowest BCUT2D eigenvalue weighted by atomic mass is 10.0. The second-order valence-electron chi connectivity index (χ2n) is 12.9. The number of unbranched alkanes of at least 4 members (excludes halogenated alkanes) is 22. The van der Waals surface area contributed by atoms with E-state index in [2.05, 4.69) is 18.4 Å². The van der Waals surface area contributed by atoms with Crippen molar-refractivity contribution in [2.24, 2.45) is 0 Å². The van der Waals surface area contributed by atoms with Crippen LogP contribution in [0.25, 0.3) is 0 Å². The Morgan fingerprint density at radius 2 is 0.936 bits per heavy atom. The van der Waals surface area contributed by atoms with Gasteiger partial charge in [0.15, 0.2) is 6.10 Å². The van der Waals surface area contributed by atoms with E-state index >= 15 is 0 Å². The number of phosphoric acid groups is 1. The van der Waals surface area contributed by atoms with Crippen molar-refractivity contribution in [2.45, 2.75) is 193 Å². The van der Waals surface area contributed by atoms with Crippen LogP contribution in [-0.2, 0) is 32.7 Å². The van der Waals surface area contributed by atoms with Crippen LogP contribution in [0.5, 0.6) is 0 Å². The van der Waals surface area contributed by atoms with Crippen LogP contribution in [0.4, 0.5) is 0 Å². The van der Waals surface area contributed by atoms with Gasteiger partial charge in [0.05, 0.1) is 19.8 Å². The first-order chi connectivity index (χ1) is 22.7. The van der Waals surface area contributed by atoms with Crippen LogP contribution in [0.15, 0.2) is 0 Å². The Balaban J connectivity index is 4.35. The molecule has 280 valence electrons. The van der Waals surface area contributed by atoms with E-state index in [0.717, 1.165) is 38.5 Å². The minimum atomic E-state index is -4.85. The molecule has 0 aliphatic carbocycles. The van der Waals surface area contributed by atoms with Gasteiger partial charge in [0.25, 0.3) is 7.82 Å². The Hall–Kier alpha value is -1.03. The molecule has 0 aromatic heterocycles. The van der Waals surface area contributed by atoms with Gasteiger partial charge in [-0.3, -0.25) is 14.2 Å². The summed E-state index contributed by atoms with van der Waals surface area (Å²) in [5, 5.41) is 18.2. The third kappa shape index (κ3) is 33.3. The molecule has 0 bridgehead atoms. The Labute approximate surface area is 286 Å². The number of carbonyl (C=O) groups is 2. The van der Waals surface area contributed by atoms with Crippen LogP contribution < -0.4 is 4.89 Å². The monoisotopic (exact) mass is 693 g/mol. The van der Waals surface area contributed by atoms with Crippen molar-refractivity contribution in [1.29, 1.82) is 0 Å². The average molecular weight is 694 g/mol. The molecule has 0 aromatic carbocycles. The zero-order chi connectivity index (χ0) is 34.9. The number of phosphoric ester groups is 1. The maximum atomic E-state index is 12.5. The maximum absolute atomic E-state index is 12.5. The minimum Gasteiger partial charge on any atom is -0.756 e. The summed E-state index contributed by atoms with van der Waals surface area (Å²) in [5.74, 6) is -0.952. The summed E-state index contributed by atoms with van der Waals surface area (Å²) in [6.45, 7) is 2.19. The van der Waals surface area contributed by atoms with Gasteiger partial charge in [-0.25, -0.2) is 0 Å². The van der Waals surface area contributed by atoms with Gasteiger partial charge in [0, 0.05) is 12.8 Å². The second-order valence-corrected chi connectivity index (χ2v) is 14.4. The van der Waals surface area contributed by atoms with Crippen molar-refractivity contribution < 1.29 is 47.8 Å². The largest absolute Gasteiger partial charge is 0.756 e. The summed E-state index contributed by atoms with van der Waals surface area (Å²) in [7, 11) is -4.85. The smallest absolute Gasteiger partial charge is 0.306 e. The normalized spacial score (nSPS) is 14.1. The van der Waals surface area contributed by atoms with Gasteiger partial charge in [-0.15, -0.1) is 0 Å². The van der Waals surface area contributed by atoms with Gasteiger partial charge in [-0.05, 0) is 12.8 Å². The van der Waals surface area contributed by atoms with E-state index in [0.29, 0.717) is 12.8 Å². The number of hydrogen-bond acceptors (Lipinski definition) is 10. The molecule has 0 saturated carbocycles. The summed E-state index contributed by atoms with van der Waals surface area (Å²) >= 11 is 0. The summed E-state index contributed by atoms with van der Waals surface area (Å²) < 4.78 is 32.2. The highest BCUT2D eigenvalue weighted by Gasteiger charge is 2.21. The number of aliphatic hydroxyl groups is 2. The molecular weight excluding hydrogens is 623 g/mol. The second kappa shape index (κ2) is 33.5. The van der Waals surface area contributed by atoms with E-state index in [1.54, 1.807) is 0 Å². The van der Waals surface area contributed by atoms with Crippen LogP contribution in [0.2, 0.25) is 0 Å². The van der Waals surface area contributed by atoms with Crippen molar-refractivity contribution in [2.75, 3.05) is 26.4 Å². The predicted molar refractivity (Wildman–Crippen MR) is 185 cm³/mol. The predicted octanol–water partition coefficient (Wildman–Crippen LogP) is 8.48. The molecule has 0 fully saturated rings. The Bertz CT molecular complexity index is 766. The SMILES string of the molecule is CCCCCCCCCCCCCCC(=O)OCC(COP(=O)([O-])OCC(O)CO)OC(=O)CCCCCCCCCCCCCC. The van der Waals surface area contributed by atoms with Gasteiger partial charge >= 0.3 is 11.9 Å². The van der Waals surface area contributed by atoms with E-state index in [9.17, 15) is 24.2 Å². The van der Waals surface area contributed by atoms with Gasteiger partial charge in [-0.2, -0.15) is 0 Å². The molecule has 3 unspecified atom stereocenters. The Morgan fingerprint density at radius 1 is 0.574 bits per heavy atom. The minimum absolute atomic E-state index is 0.176. The molecule has 0 spiro atoms. The summed E-state index contributed by atoms with van der Waals surface area (Å²) in [4.78, 5) is 36.9. The quantitative estimate of drug-likeness (QED) is 0.0371. The fourth-order valence-electron chi connectivity index (χ4n) is 5.28. The third-order valence-corrected chi connectivity index (χ3v) is 9.18. The molecule has 2 N–H and O–H groups in total. The third-order valence-electron chi connectivity index (χ3n) is 8.25.